The maximum atomic E-state index is 13.2. The number of ketones is 1. The van der Waals surface area contributed by atoms with Gasteiger partial charge >= 0.3 is 0 Å². The second-order valence-electron chi connectivity index (χ2n) is 4.07. The van der Waals surface area contributed by atoms with Gasteiger partial charge in [0.15, 0.2) is 5.78 Å². The molecule has 2 N–H and O–H groups in total. The first-order chi connectivity index (χ1) is 8.97. The molecule has 0 fully saturated rings. The number of hydrogen-bond acceptors (Lipinski definition) is 2. The minimum atomic E-state index is -0.367. The maximum absolute atomic E-state index is 13.2. The Morgan fingerprint density at radius 3 is 2.63 bits per heavy atom. The Labute approximate surface area is 127 Å². The molecule has 0 radical (unpaired) electrons. The highest BCUT2D eigenvalue weighted by molar-refractivity contribution is 9.10. The van der Waals surface area contributed by atoms with Crippen LogP contribution in [0.4, 0.5) is 10.1 Å². The summed E-state index contributed by atoms with van der Waals surface area (Å²) in [5.41, 5.74) is 7.24. The fourth-order valence-electron chi connectivity index (χ4n) is 1.72. The quantitative estimate of drug-likeness (QED) is 0.629. The van der Waals surface area contributed by atoms with Crippen LogP contribution in [-0.2, 0) is 6.42 Å². The van der Waals surface area contributed by atoms with Crippen molar-refractivity contribution in [2.24, 2.45) is 0 Å². The Bertz CT molecular complexity index is 643. The van der Waals surface area contributed by atoms with Crippen molar-refractivity contribution >= 4 is 43.3 Å². The summed E-state index contributed by atoms with van der Waals surface area (Å²) in [6.45, 7) is 0. The molecule has 0 atom stereocenters. The molecule has 19 heavy (non-hydrogen) atoms. The van der Waals surface area contributed by atoms with Crippen LogP contribution >= 0.6 is 31.9 Å². The van der Waals surface area contributed by atoms with Crippen LogP contribution in [0.3, 0.4) is 0 Å². The van der Waals surface area contributed by atoms with E-state index in [-0.39, 0.29) is 18.0 Å². The maximum Gasteiger partial charge on any atom is 0.169 e. The summed E-state index contributed by atoms with van der Waals surface area (Å²) in [4.78, 5) is 12.2. The number of nitrogens with two attached hydrogens (primary N) is 1. The largest absolute Gasteiger partial charge is 0.398 e. The van der Waals surface area contributed by atoms with Crippen molar-refractivity contribution in [3.05, 3.63) is 62.3 Å². The monoisotopic (exact) mass is 385 g/mol. The van der Waals surface area contributed by atoms with E-state index in [1.807, 2.05) is 0 Å². The third-order valence-corrected chi connectivity index (χ3v) is 3.94. The average Bonchev–Trinajstić information content (AvgIpc) is 2.36. The van der Waals surface area contributed by atoms with Crippen LogP contribution < -0.4 is 5.73 Å². The fourth-order valence-corrected chi connectivity index (χ4v) is 2.46. The minimum absolute atomic E-state index is 0.0962. The molecule has 0 aliphatic heterocycles. The number of nitrogen functional groups attached to an aromatic ring is 1. The van der Waals surface area contributed by atoms with Gasteiger partial charge in [-0.3, -0.25) is 4.79 Å². The normalized spacial score (nSPS) is 10.5. The van der Waals surface area contributed by atoms with Crippen LogP contribution in [0.2, 0.25) is 0 Å². The number of hydrogen-bond donors (Lipinski definition) is 1. The lowest BCUT2D eigenvalue weighted by Crippen LogP contribution is -2.07. The van der Waals surface area contributed by atoms with Crippen molar-refractivity contribution in [2.45, 2.75) is 6.42 Å². The highest BCUT2D eigenvalue weighted by atomic mass is 79.9. The van der Waals surface area contributed by atoms with Crippen LogP contribution in [0.5, 0.6) is 0 Å². The van der Waals surface area contributed by atoms with Crippen LogP contribution in [0.25, 0.3) is 0 Å². The summed E-state index contributed by atoms with van der Waals surface area (Å²) in [6.07, 6.45) is 0.0962. The van der Waals surface area contributed by atoms with E-state index in [4.69, 9.17) is 5.73 Å². The SMILES string of the molecule is Nc1ccc(Br)cc1C(=O)Cc1cc(F)ccc1Br. The lowest BCUT2D eigenvalue weighted by atomic mass is 10.0. The molecule has 0 aliphatic rings. The Morgan fingerprint density at radius 2 is 1.89 bits per heavy atom. The number of carbonyl (C=O) groups is 1. The predicted octanol–water partition coefficient (Wildman–Crippen LogP) is 4.36. The third-order valence-electron chi connectivity index (χ3n) is 2.67. The van der Waals surface area contributed by atoms with E-state index in [0.29, 0.717) is 21.3 Å². The summed E-state index contributed by atoms with van der Waals surface area (Å²) < 4.78 is 14.7. The molecule has 0 spiro atoms. The molecule has 2 aromatic rings. The van der Waals surface area contributed by atoms with E-state index in [0.717, 1.165) is 4.47 Å². The lowest BCUT2D eigenvalue weighted by molar-refractivity contribution is 0.0993. The van der Waals surface area contributed by atoms with E-state index in [9.17, 15) is 9.18 Å². The first kappa shape index (κ1) is 14.2. The number of anilines is 1. The molecule has 2 nitrogen and oxygen atoms in total. The van der Waals surface area contributed by atoms with Gasteiger partial charge in [0.05, 0.1) is 0 Å². The molecule has 0 aromatic heterocycles. The molecule has 0 aliphatic carbocycles. The lowest BCUT2D eigenvalue weighted by Gasteiger charge is -2.07. The van der Waals surface area contributed by atoms with Gasteiger partial charge in [-0.05, 0) is 42.0 Å². The predicted molar refractivity (Wildman–Crippen MR) is 80.7 cm³/mol. The first-order valence-electron chi connectivity index (χ1n) is 5.49. The van der Waals surface area contributed by atoms with Crippen molar-refractivity contribution in [1.29, 1.82) is 0 Å². The molecular formula is C14H10Br2FNO. The molecular weight excluding hydrogens is 377 g/mol. The summed E-state index contributed by atoms with van der Waals surface area (Å²) >= 11 is 6.60. The number of carbonyl (C=O) groups excluding carboxylic acids is 1. The molecule has 0 amide bonds. The molecule has 0 unspecified atom stereocenters. The standard InChI is InChI=1S/C14H10Br2FNO/c15-9-1-4-13(18)11(7-9)14(19)6-8-5-10(17)2-3-12(8)16/h1-5,7H,6,18H2. The number of Topliss-reactive ketones (excluding diaryl/α,β-unsaturated/α-hetero) is 1. The van der Waals surface area contributed by atoms with Crippen LogP contribution in [0.15, 0.2) is 45.3 Å². The van der Waals surface area contributed by atoms with Crippen LogP contribution in [0.1, 0.15) is 15.9 Å². The smallest absolute Gasteiger partial charge is 0.169 e. The number of halogens is 3. The van der Waals surface area contributed by atoms with Crippen molar-refractivity contribution in [3.8, 4) is 0 Å². The van der Waals surface area contributed by atoms with Crippen molar-refractivity contribution in [2.75, 3.05) is 5.73 Å². The van der Waals surface area contributed by atoms with E-state index in [1.54, 1.807) is 24.3 Å². The molecule has 0 bridgehead atoms. The zero-order valence-electron chi connectivity index (χ0n) is 9.79. The summed E-state index contributed by atoms with van der Waals surface area (Å²) in [7, 11) is 0. The third kappa shape index (κ3) is 3.42. The van der Waals surface area contributed by atoms with Crippen LogP contribution in [0, 0.1) is 5.82 Å². The Morgan fingerprint density at radius 1 is 1.16 bits per heavy atom. The van der Waals surface area contributed by atoms with Gasteiger partial charge in [0, 0.05) is 26.6 Å². The summed E-state index contributed by atoms with van der Waals surface area (Å²) in [5, 5.41) is 0. The van der Waals surface area contributed by atoms with Gasteiger partial charge < -0.3 is 5.73 Å². The molecule has 5 heteroatoms. The Balaban J connectivity index is 2.30. The Hall–Kier alpha value is -1.20. The summed E-state index contributed by atoms with van der Waals surface area (Å²) in [6, 6.07) is 9.37. The zero-order valence-corrected chi connectivity index (χ0v) is 13.0. The topological polar surface area (TPSA) is 43.1 Å². The van der Waals surface area contributed by atoms with Gasteiger partial charge in [-0.1, -0.05) is 31.9 Å². The molecule has 0 saturated carbocycles. The van der Waals surface area contributed by atoms with Crippen molar-refractivity contribution < 1.29 is 9.18 Å². The van der Waals surface area contributed by atoms with E-state index >= 15 is 0 Å². The van der Waals surface area contributed by atoms with E-state index in [1.165, 1.54) is 12.1 Å². The number of benzene rings is 2. The highest BCUT2D eigenvalue weighted by Gasteiger charge is 2.13. The number of rotatable bonds is 3. The van der Waals surface area contributed by atoms with Crippen molar-refractivity contribution in [1.82, 2.24) is 0 Å². The molecule has 0 heterocycles. The highest BCUT2D eigenvalue weighted by Crippen LogP contribution is 2.23. The van der Waals surface area contributed by atoms with Gasteiger partial charge in [0.25, 0.3) is 0 Å². The zero-order chi connectivity index (χ0) is 14.0. The van der Waals surface area contributed by atoms with Crippen molar-refractivity contribution in [3.63, 3.8) is 0 Å². The van der Waals surface area contributed by atoms with E-state index < -0.39 is 0 Å². The van der Waals surface area contributed by atoms with Crippen LogP contribution in [-0.4, -0.2) is 5.78 Å². The average molecular weight is 387 g/mol. The van der Waals surface area contributed by atoms with Gasteiger partial charge in [-0.2, -0.15) is 0 Å². The minimum Gasteiger partial charge on any atom is -0.398 e. The summed E-state index contributed by atoms with van der Waals surface area (Å²) in [5.74, 6) is -0.515. The second kappa shape index (κ2) is 5.84. The second-order valence-corrected chi connectivity index (χ2v) is 5.84. The van der Waals surface area contributed by atoms with Gasteiger partial charge in [-0.15, -0.1) is 0 Å². The van der Waals surface area contributed by atoms with Gasteiger partial charge in [-0.25, -0.2) is 4.39 Å². The molecule has 98 valence electrons. The Kier molecular flexibility index (Phi) is 4.37. The molecule has 0 saturated heterocycles. The van der Waals surface area contributed by atoms with E-state index in [2.05, 4.69) is 31.9 Å². The van der Waals surface area contributed by atoms with Gasteiger partial charge in [0.2, 0.25) is 0 Å². The molecule has 2 aromatic carbocycles. The fraction of sp³-hybridized carbons (Fsp3) is 0.0714. The first-order valence-corrected chi connectivity index (χ1v) is 7.08. The van der Waals surface area contributed by atoms with Gasteiger partial charge in [0.1, 0.15) is 5.82 Å². The molecule has 2 rings (SSSR count).